The molecular weight excluding hydrogens is 495 g/mol. The number of para-hydroxylation sites is 2. The first-order valence-electron chi connectivity index (χ1n) is 13.4. The van der Waals surface area contributed by atoms with Crippen molar-refractivity contribution in [2.24, 2.45) is 10.8 Å². The van der Waals surface area contributed by atoms with Gasteiger partial charge in [0.15, 0.2) is 18.2 Å². The number of Topliss-reactive ketones (excluding diaryl/α,β-unsaturated/α-hetero) is 2. The normalized spacial score (nSPS) is 20.5. The van der Waals surface area contributed by atoms with E-state index in [2.05, 4.69) is 37.9 Å². The van der Waals surface area contributed by atoms with Gasteiger partial charge in [-0.25, -0.2) is 4.39 Å². The van der Waals surface area contributed by atoms with Crippen LogP contribution in [0.5, 0.6) is 5.75 Å². The minimum atomic E-state index is -0.566. The molecule has 0 unspecified atom stereocenters. The van der Waals surface area contributed by atoms with Crippen LogP contribution >= 0.6 is 0 Å². The third kappa shape index (κ3) is 5.14. The van der Waals surface area contributed by atoms with Gasteiger partial charge in [-0.1, -0.05) is 58.0 Å². The number of hydrogen-bond donors (Lipinski definition) is 1. The van der Waals surface area contributed by atoms with Gasteiger partial charge in [-0.05, 0) is 41.9 Å². The van der Waals surface area contributed by atoms with E-state index < -0.39 is 17.6 Å². The molecule has 2 aromatic carbocycles. The minimum absolute atomic E-state index is 0.0365. The Balaban J connectivity index is 1.55. The molecule has 1 amide bonds. The van der Waals surface area contributed by atoms with Crippen LogP contribution < -0.4 is 10.1 Å². The second-order valence-corrected chi connectivity index (χ2v) is 12.4. The maximum absolute atomic E-state index is 14.0. The molecule has 204 valence electrons. The molecule has 0 radical (unpaired) electrons. The summed E-state index contributed by atoms with van der Waals surface area (Å²) in [5.74, 6) is -1.12. The number of ketones is 2. The largest absolute Gasteiger partial charge is 0.483 e. The van der Waals surface area contributed by atoms with Crippen LogP contribution in [0.15, 0.2) is 71.1 Å². The average Bonchev–Trinajstić information content (AvgIpc) is 2.84. The number of carbonyl (C=O) groups is 3. The molecule has 0 spiro atoms. The smallest absolute Gasteiger partial charge is 0.262 e. The zero-order chi connectivity index (χ0) is 28.1. The molecule has 39 heavy (non-hydrogen) atoms. The van der Waals surface area contributed by atoms with Gasteiger partial charge in [0.25, 0.3) is 5.91 Å². The van der Waals surface area contributed by atoms with E-state index in [0.29, 0.717) is 35.3 Å². The van der Waals surface area contributed by atoms with E-state index in [1.54, 1.807) is 24.3 Å². The fraction of sp³-hybridized carbons (Fsp3) is 0.406. The Morgan fingerprint density at radius 2 is 1.44 bits per heavy atom. The van der Waals surface area contributed by atoms with Gasteiger partial charge < -0.3 is 15.0 Å². The standard InChI is InChI=1S/C32H35FN2O4/c1-31(2)14-22-29(24(36)16-31)28(30-23(35(22)5)15-32(3,4)17-25(30)37)19-10-6-9-13-26(19)39-18-27(38)34-21-12-8-7-11-20(21)33/h6-13,28H,14-18H2,1-5H3,(H,34,38). The van der Waals surface area contributed by atoms with Gasteiger partial charge >= 0.3 is 0 Å². The molecule has 6 nitrogen and oxygen atoms in total. The number of nitrogens with one attached hydrogen (secondary N) is 1. The van der Waals surface area contributed by atoms with Gasteiger partial charge in [0.1, 0.15) is 11.6 Å². The molecule has 1 aliphatic heterocycles. The molecule has 1 heterocycles. The Labute approximate surface area is 228 Å². The van der Waals surface area contributed by atoms with Crippen LogP contribution in [-0.2, 0) is 14.4 Å². The van der Waals surface area contributed by atoms with Crippen LogP contribution in [-0.4, -0.2) is 36.0 Å². The van der Waals surface area contributed by atoms with E-state index in [0.717, 1.165) is 24.2 Å². The van der Waals surface area contributed by atoms with Crippen LogP contribution in [0.25, 0.3) is 0 Å². The number of hydrogen-bond acceptors (Lipinski definition) is 5. The maximum atomic E-state index is 14.0. The number of allylic oxidation sites excluding steroid dienone is 4. The number of carbonyl (C=O) groups excluding carboxylic acids is 3. The molecular formula is C32H35FN2O4. The van der Waals surface area contributed by atoms with Crippen molar-refractivity contribution >= 4 is 23.2 Å². The first-order chi connectivity index (χ1) is 18.4. The molecule has 3 aliphatic rings. The summed E-state index contributed by atoms with van der Waals surface area (Å²) in [7, 11) is 1.97. The molecule has 2 aromatic rings. The molecule has 0 aromatic heterocycles. The van der Waals surface area contributed by atoms with Crippen LogP contribution in [0, 0.1) is 16.6 Å². The number of rotatable bonds is 5. The lowest BCUT2D eigenvalue weighted by atomic mass is 9.63. The lowest BCUT2D eigenvalue weighted by Crippen LogP contribution is -2.43. The van der Waals surface area contributed by atoms with Gasteiger partial charge in [0, 0.05) is 53.9 Å². The Morgan fingerprint density at radius 3 is 2.03 bits per heavy atom. The fourth-order valence-corrected chi connectivity index (χ4v) is 6.22. The Bertz CT molecular complexity index is 1380. The van der Waals surface area contributed by atoms with E-state index in [1.807, 2.05) is 19.2 Å². The molecule has 0 fully saturated rings. The van der Waals surface area contributed by atoms with E-state index in [9.17, 15) is 18.8 Å². The molecule has 7 heteroatoms. The number of halogens is 1. The van der Waals surface area contributed by atoms with Crippen LogP contribution in [0.2, 0.25) is 0 Å². The third-order valence-electron chi connectivity index (χ3n) is 7.92. The molecule has 1 N–H and O–H groups in total. The lowest BCUT2D eigenvalue weighted by molar-refractivity contribution is -0.120. The predicted molar refractivity (Wildman–Crippen MR) is 148 cm³/mol. The highest BCUT2D eigenvalue weighted by atomic mass is 19.1. The molecule has 0 saturated heterocycles. The van der Waals surface area contributed by atoms with Crippen molar-refractivity contribution in [2.75, 3.05) is 19.0 Å². The fourth-order valence-electron chi connectivity index (χ4n) is 6.22. The van der Waals surface area contributed by atoms with Crippen LogP contribution in [0.1, 0.15) is 64.9 Å². The second-order valence-electron chi connectivity index (χ2n) is 12.4. The quantitative estimate of drug-likeness (QED) is 0.501. The topological polar surface area (TPSA) is 75.7 Å². The summed E-state index contributed by atoms with van der Waals surface area (Å²) < 4.78 is 20.0. The highest BCUT2D eigenvalue weighted by Gasteiger charge is 2.48. The van der Waals surface area contributed by atoms with Crippen molar-refractivity contribution < 1.29 is 23.5 Å². The highest BCUT2D eigenvalue weighted by Crippen LogP contribution is 2.54. The van der Waals surface area contributed by atoms with Crippen molar-refractivity contribution in [3.63, 3.8) is 0 Å². The molecule has 2 aliphatic carbocycles. The number of ether oxygens (including phenoxy) is 1. The summed E-state index contributed by atoms with van der Waals surface area (Å²) in [6.07, 6.45) is 2.24. The third-order valence-corrected chi connectivity index (χ3v) is 7.92. The van der Waals surface area contributed by atoms with Crippen molar-refractivity contribution in [3.8, 4) is 5.75 Å². The summed E-state index contributed by atoms with van der Waals surface area (Å²) in [5, 5.41) is 2.54. The predicted octanol–water partition coefficient (Wildman–Crippen LogP) is 6.16. The minimum Gasteiger partial charge on any atom is -0.483 e. The first-order valence-corrected chi connectivity index (χ1v) is 13.4. The van der Waals surface area contributed by atoms with Gasteiger partial charge in [-0.3, -0.25) is 14.4 Å². The summed E-state index contributed by atoms with van der Waals surface area (Å²) in [4.78, 5) is 42.2. The summed E-state index contributed by atoms with van der Waals surface area (Å²) in [6, 6.07) is 13.2. The summed E-state index contributed by atoms with van der Waals surface area (Å²) in [6.45, 7) is 8.05. The number of benzene rings is 2. The first kappa shape index (κ1) is 26.9. The monoisotopic (exact) mass is 530 g/mol. The van der Waals surface area contributed by atoms with Crippen LogP contribution in [0.3, 0.4) is 0 Å². The van der Waals surface area contributed by atoms with Gasteiger partial charge in [-0.15, -0.1) is 0 Å². The zero-order valence-electron chi connectivity index (χ0n) is 23.2. The van der Waals surface area contributed by atoms with E-state index in [4.69, 9.17) is 4.74 Å². The molecule has 0 bridgehead atoms. The van der Waals surface area contributed by atoms with Crippen molar-refractivity contribution in [1.82, 2.24) is 4.90 Å². The summed E-state index contributed by atoms with van der Waals surface area (Å²) >= 11 is 0. The van der Waals surface area contributed by atoms with Gasteiger partial charge in [0.2, 0.25) is 0 Å². The van der Waals surface area contributed by atoms with Crippen LogP contribution in [0.4, 0.5) is 10.1 Å². The maximum Gasteiger partial charge on any atom is 0.262 e. The van der Waals surface area contributed by atoms with E-state index >= 15 is 0 Å². The Kier molecular flexibility index (Phi) is 6.73. The number of nitrogens with zero attached hydrogens (tertiary/aromatic N) is 1. The molecule has 0 atom stereocenters. The summed E-state index contributed by atoms with van der Waals surface area (Å²) in [5.41, 5.74) is 3.58. The van der Waals surface area contributed by atoms with Crippen molar-refractivity contribution in [2.45, 2.75) is 59.3 Å². The lowest BCUT2D eigenvalue weighted by Gasteiger charge is -2.48. The number of anilines is 1. The number of amides is 1. The zero-order valence-corrected chi connectivity index (χ0v) is 23.2. The highest BCUT2D eigenvalue weighted by molar-refractivity contribution is 6.07. The Hall–Kier alpha value is -3.74. The van der Waals surface area contributed by atoms with Crippen molar-refractivity contribution in [1.29, 1.82) is 0 Å². The van der Waals surface area contributed by atoms with Gasteiger partial charge in [0.05, 0.1) is 5.69 Å². The average molecular weight is 531 g/mol. The molecule has 0 saturated carbocycles. The van der Waals surface area contributed by atoms with E-state index in [-0.39, 0.29) is 34.7 Å². The Morgan fingerprint density at radius 1 is 0.897 bits per heavy atom. The van der Waals surface area contributed by atoms with Crippen molar-refractivity contribution in [3.05, 3.63) is 82.5 Å². The molecule has 5 rings (SSSR count). The SMILES string of the molecule is CN1C2=C(C(=O)CC(C)(C)C2)C(c2ccccc2OCC(=O)Nc2ccccc2F)C2=C1CC(C)(C)CC2=O. The van der Waals surface area contributed by atoms with Gasteiger partial charge in [-0.2, -0.15) is 0 Å². The van der Waals surface area contributed by atoms with E-state index in [1.165, 1.54) is 12.1 Å². The second kappa shape index (κ2) is 9.78.